The monoisotopic (exact) mass is 472 g/mol. The summed E-state index contributed by atoms with van der Waals surface area (Å²) in [5.74, 6) is 0.137. The second kappa shape index (κ2) is 12.9. The summed E-state index contributed by atoms with van der Waals surface area (Å²) in [6.45, 7) is 14.5. The van der Waals surface area contributed by atoms with Crippen LogP contribution >= 0.6 is 0 Å². The molecule has 1 fully saturated rings. The van der Waals surface area contributed by atoms with Crippen molar-refractivity contribution in [2.24, 2.45) is 17.3 Å². The number of esters is 1. The van der Waals surface area contributed by atoms with Gasteiger partial charge in [0.05, 0.1) is 18.6 Å². The zero-order valence-corrected chi connectivity index (χ0v) is 22.0. The highest BCUT2D eigenvalue weighted by Gasteiger charge is 2.30. The van der Waals surface area contributed by atoms with Crippen LogP contribution in [0.5, 0.6) is 0 Å². The molecule has 2 unspecified atom stereocenters. The third kappa shape index (κ3) is 8.77. The van der Waals surface area contributed by atoms with E-state index < -0.39 is 0 Å². The molecule has 2 rings (SSSR count). The summed E-state index contributed by atoms with van der Waals surface area (Å²) in [6.07, 6.45) is 3.02. The van der Waals surface area contributed by atoms with Gasteiger partial charge in [-0.2, -0.15) is 0 Å². The van der Waals surface area contributed by atoms with E-state index in [0.717, 1.165) is 12.0 Å². The van der Waals surface area contributed by atoms with E-state index in [1.807, 2.05) is 54.0 Å². The van der Waals surface area contributed by atoms with Gasteiger partial charge in [-0.15, -0.1) is 0 Å². The summed E-state index contributed by atoms with van der Waals surface area (Å²) in [7, 11) is 0. The van der Waals surface area contributed by atoms with Gasteiger partial charge in [0, 0.05) is 32.5 Å². The molecule has 1 aliphatic heterocycles. The molecule has 1 aromatic carbocycles. The predicted octanol–water partition coefficient (Wildman–Crippen LogP) is 5.23. The Balaban J connectivity index is 2.00. The molecule has 1 saturated heterocycles. The zero-order valence-electron chi connectivity index (χ0n) is 22.0. The Morgan fingerprint density at radius 2 is 1.71 bits per heavy atom. The number of nitrogens with zero attached hydrogens (tertiary/aromatic N) is 2. The van der Waals surface area contributed by atoms with Gasteiger partial charge in [-0.25, -0.2) is 0 Å². The number of carbonyl (C=O) groups is 3. The molecule has 0 saturated carbocycles. The molecule has 6 heteroatoms. The Kier molecular flexibility index (Phi) is 10.6. The number of hydrogen-bond donors (Lipinski definition) is 0. The fourth-order valence-electron chi connectivity index (χ4n) is 4.98. The van der Waals surface area contributed by atoms with Crippen molar-refractivity contribution in [2.45, 2.75) is 79.7 Å². The lowest BCUT2D eigenvalue weighted by Gasteiger charge is -2.34. The topological polar surface area (TPSA) is 66.9 Å². The molecule has 0 spiro atoms. The molecule has 0 aliphatic carbocycles. The standard InChI is InChI=1S/C28H44N2O4/c1-7-34-27(33)24-13-16-29(17-14-24)25(31)15-18-30(22(3)23-11-9-8-10-12-23)26(32)19-21(2)20-28(4,5)6/h8-12,21-22,24H,7,13-20H2,1-6H3. The van der Waals surface area contributed by atoms with Crippen molar-refractivity contribution < 1.29 is 19.1 Å². The summed E-state index contributed by atoms with van der Waals surface area (Å²) < 4.78 is 5.13. The van der Waals surface area contributed by atoms with E-state index in [9.17, 15) is 14.4 Å². The highest BCUT2D eigenvalue weighted by atomic mass is 16.5. The van der Waals surface area contributed by atoms with Crippen LogP contribution in [0.3, 0.4) is 0 Å². The molecule has 2 atom stereocenters. The molecular formula is C28H44N2O4. The van der Waals surface area contributed by atoms with E-state index in [2.05, 4.69) is 27.7 Å². The van der Waals surface area contributed by atoms with Crippen LogP contribution in [-0.4, -0.2) is 53.8 Å². The lowest BCUT2D eigenvalue weighted by molar-refractivity contribution is -0.151. The summed E-state index contributed by atoms with van der Waals surface area (Å²) >= 11 is 0. The number of likely N-dealkylation sites (tertiary alicyclic amines) is 1. The predicted molar refractivity (Wildman–Crippen MR) is 135 cm³/mol. The number of amides is 2. The van der Waals surface area contributed by atoms with Crippen LogP contribution in [0, 0.1) is 17.3 Å². The Labute approximate surface area is 206 Å². The fourth-order valence-corrected chi connectivity index (χ4v) is 4.98. The van der Waals surface area contributed by atoms with Gasteiger partial charge in [0.2, 0.25) is 11.8 Å². The molecule has 6 nitrogen and oxygen atoms in total. The van der Waals surface area contributed by atoms with Crippen LogP contribution in [-0.2, 0) is 19.1 Å². The molecule has 0 N–H and O–H groups in total. The maximum atomic E-state index is 13.4. The first-order valence-corrected chi connectivity index (χ1v) is 12.8. The number of ether oxygens (including phenoxy) is 1. The average Bonchev–Trinajstić information content (AvgIpc) is 2.78. The van der Waals surface area contributed by atoms with E-state index in [-0.39, 0.29) is 41.1 Å². The molecule has 1 aliphatic rings. The normalized spacial score (nSPS) is 16.6. The zero-order chi connectivity index (χ0) is 25.3. The van der Waals surface area contributed by atoms with Crippen molar-refractivity contribution in [3.63, 3.8) is 0 Å². The Morgan fingerprint density at radius 3 is 2.26 bits per heavy atom. The highest BCUT2D eigenvalue weighted by molar-refractivity contribution is 5.80. The first-order chi connectivity index (χ1) is 16.0. The van der Waals surface area contributed by atoms with Gasteiger partial charge < -0.3 is 14.5 Å². The first-order valence-electron chi connectivity index (χ1n) is 12.8. The van der Waals surface area contributed by atoms with Crippen LogP contribution in [0.1, 0.15) is 85.3 Å². The summed E-state index contributed by atoms with van der Waals surface area (Å²) in [6, 6.07) is 9.90. The largest absolute Gasteiger partial charge is 0.466 e. The number of rotatable bonds is 10. The van der Waals surface area contributed by atoms with Gasteiger partial charge in [-0.05, 0) is 50.0 Å². The van der Waals surface area contributed by atoms with Gasteiger partial charge in [0.25, 0.3) is 0 Å². The molecule has 2 amide bonds. The quantitative estimate of drug-likeness (QED) is 0.437. The first kappa shape index (κ1) is 27.9. The van der Waals surface area contributed by atoms with Crippen LogP contribution in [0.25, 0.3) is 0 Å². The molecular weight excluding hydrogens is 428 g/mol. The summed E-state index contributed by atoms with van der Waals surface area (Å²) in [4.78, 5) is 42.0. The lowest BCUT2D eigenvalue weighted by atomic mass is 9.84. The fraction of sp³-hybridized carbons (Fsp3) is 0.679. The second-order valence-electron chi connectivity index (χ2n) is 10.9. The SMILES string of the molecule is CCOC(=O)C1CCN(C(=O)CCN(C(=O)CC(C)CC(C)(C)C)C(C)c2ccccc2)CC1. The highest BCUT2D eigenvalue weighted by Crippen LogP contribution is 2.28. The third-order valence-corrected chi connectivity index (χ3v) is 6.59. The van der Waals surface area contributed by atoms with Gasteiger partial charge in [-0.1, -0.05) is 58.0 Å². The Hall–Kier alpha value is -2.37. The van der Waals surface area contributed by atoms with E-state index in [0.29, 0.717) is 51.9 Å². The van der Waals surface area contributed by atoms with E-state index in [1.54, 1.807) is 0 Å². The third-order valence-electron chi connectivity index (χ3n) is 6.59. The minimum atomic E-state index is -0.160. The minimum Gasteiger partial charge on any atom is -0.466 e. The summed E-state index contributed by atoms with van der Waals surface area (Å²) in [5, 5.41) is 0. The van der Waals surface area contributed by atoms with Gasteiger partial charge in [0.15, 0.2) is 0 Å². The molecule has 0 bridgehead atoms. The van der Waals surface area contributed by atoms with Crippen LogP contribution in [0.15, 0.2) is 30.3 Å². The molecule has 1 aromatic rings. The smallest absolute Gasteiger partial charge is 0.309 e. The average molecular weight is 473 g/mol. The number of carbonyl (C=O) groups excluding carboxylic acids is 3. The number of piperidine rings is 1. The molecule has 0 radical (unpaired) electrons. The van der Waals surface area contributed by atoms with Crippen LogP contribution < -0.4 is 0 Å². The van der Waals surface area contributed by atoms with Crippen molar-refractivity contribution in [1.82, 2.24) is 9.80 Å². The number of hydrogen-bond acceptors (Lipinski definition) is 4. The molecule has 34 heavy (non-hydrogen) atoms. The summed E-state index contributed by atoms with van der Waals surface area (Å²) in [5.41, 5.74) is 1.24. The molecule has 0 aromatic heterocycles. The maximum absolute atomic E-state index is 13.4. The van der Waals surface area contributed by atoms with E-state index in [1.165, 1.54) is 0 Å². The van der Waals surface area contributed by atoms with Gasteiger partial charge in [0.1, 0.15) is 0 Å². The maximum Gasteiger partial charge on any atom is 0.309 e. The van der Waals surface area contributed by atoms with Crippen molar-refractivity contribution in [2.75, 3.05) is 26.2 Å². The second-order valence-corrected chi connectivity index (χ2v) is 10.9. The van der Waals surface area contributed by atoms with Crippen molar-refractivity contribution in [3.05, 3.63) is 35.9 Å². The van der Waals surface area contributed by atoms with Gasteiger partial charge >= 0.3 is 5.97 Å². The molecule has 1 heterocycles. The van der Waals surface area contributed by atoms with Crippen molar-refractivity contribution in [3.8, 4) is 0 Å². The van der Waals surface area contributed by atoms with Crippen molar-refractivity contribution in [1.29, 1.82) is 0 Å². The van der Waals surface area contributed by atoms with Crippen LogP contribution in [0.2, 0.25) is 0 Å². The Bertz CT molecular complexity index is 794. The van der Waals surface area contributed by atoms with E-state index >= 15 is 0 Å². The minimum absolute atomic E-state index is 0.0445. The molecule has 190 valence electrons. The van der Waals surface area contributed by atoms with E-state index in [4.69, 9.17) is 4.74 Å². The van der Waals surface area contributed by atoms with Gasteiger partial charge in [-0.3, -0.25) is 14.4 Å². The van der Waals surface area contributed by atoms with Crippen molar-refractivity contribution >= 4 is 17.8 Å². The lowest BCUT2D eigenvalue weighted by Crippen LogP contribution is -2.43. The Morgan fingerprint density at radius 1 is 1.09 bits per heavy atom. The van der Waals surface area contributed by atoms with Crippen LogP contribution in [0.4, 0.5) is 0 Å². The number of benzene rings is 1.